The molecule has 1 aliphatic rings. The van der Waals surface area contributed by atoms with E-state index in [0.29, 0.717) is 12.0 Å². The SMILES string of the molecule is CC(C)(O)c1cnn(S(=O)(=O)C2(C)C=CC=CC2)c1. The lowest BCUT2D eigenvalue weighted by molar-refractivity contribution is 0.0786. The van der Waals surface area contributed by atoms with Gasteiger partial charge in [-0.2, -0.15) is 9.19 Å². The highest BCUT2D eigenvalue weighted by atomic mass is 32.2. The first kappa shape index (κ1) is 14.0. The topological polar surface area (TPSA) is 72.2 Å². The molecule has 0 saturated carbocycles. The Labute approximate surface area is 113 Å². The lowest BCUT2D eigenvalue weighted by Crippen LogP contribution is -2.38. The predicted molar refractivity (Wildman–Crippen MR) is 73.1 cm³/mol. The highest BCUT2D eigenvalue weighted by Gasteiger charge is 2.39. The maximum absolute atomic E-state index is 12.6. The van der Waals surface area contributed by atoms with Gasteiger partial charge < -0.3 is 5.11 Å². The molecular weight excluding hydrogens is 264 g/mol. The molecule has 0 radical (unpaired) electrons. The van der Waals surface area contributed by atoms with Gasteiger partial charge in [-0.05, 0) is 27.2 Å². The van der Waals surface area contributed by atoms with Gasteiger partial charge in [-0.1, -0.05) is 24.3 Å². The van der Waals surface area contributed by atoms with Crippen molar-refractivity contribution in [1.29, 1.82) is 0 Å². The Kier molecular flexibility index (Phi) is 3.18. The van der Waals surface area contributed by atoms with Crippen LogP contribution in [0.4, 0.5) is 0 Å². The quantitative estimate of drug-likeness (QED) is 0.913. The summed E-state index contributed by atoms with van der Waals surface area (Å²) in [4.78, 5) is 0. The average Bonchev–Trinajstić information content (AvgIpc) is 2.79. The highest BCUT2D eigenvalue weighted by molar-refractivity contribution is 7.91. The maximum atomic E-state index is 12.6. The summed E-state index contributed by atoms with van der Waals surface area (Å²) in [5.41, 5.74) is -0.647. The van der Waals surface area contributed by atoms with Crippen LogP contribution in [0.1, 0.15) is 32.8 Å². The molecule has 104 valence electrons. The van der Waals surface area contributed by atoms with Crippen LogP contribution < -0.4 is 0 Å². The molecule has 1 aromatic heterocycles. The van der Waals surface area contributed by atoms with E-state index in [1.165, 1.54) is 12.4 Å². The van der Waals surface area contributed by atoms with E-state index in [2.05, 4.69) is 5.10 Å². The molecule has 0 fully saturated rings. The highest BCUT2D eigenvalue weighted by Crippen LogP contribution is 2.29. The Morgan fingerprint density at radius 3 is 2.58 bits per heavy atom. The molecule has 0 aromatic carbocycles. The van der Waals surface area contributed by atoms with E-state index in [9.17, 15) is 13.5 Å². The Balaban J connectivity index is 2.43. The molecular formula is C13H18N2O3S. The van der Waals surface area contributed by atoms with E-state index >= 15 is 0 Å². The summed E-state index contributed by atoms with van der Waals surface area (Å²) in [5.74, 6) is 0. The van der Waals surface area contributed by atoms with Gasteiger partial charge in [0.2, 0.25) is 0 Å². The predicted octanol–water partition coefficient (Wildman–Crippen LogP) is 1.56. The number of nitrogens with zero attached hydrogens (tertiary/aromatic N) is 2. The first-order chi connectivity index (χ1) is 8.67. The fourth-order valence-corrected chi connectivity index (χ4v) is 3.27. The molecule has 5 nitrogen and oxygen atoms in total. The molecule has 0 aliphatic heterocycles. The molecule has 19 heavy (non-hydrogen) atoms. The number of aliphatic hydroxyl groups is 1. The molecule has 0 bridgehead atoms. The zero-order chi connectivity index (χ0) is 14.3. The molecule has 1 N–H and O–H groups in total. The number of allylic oxidation sites excluding steroid dienone is 3. The van der Waals surface area contributed by atoms with Crippen LogP contribution in [0.25, 0.3) is 0 Å². The van der Waals surface area contributed by atoms with Crippen molar-refractivity contribution < 1.29 is 13.5 Å². The van der Waals surface area contributed by atoms with Gasteiger partial charge in [0.05, 0.1) is 11.8 Å². The molecule has 1 aromatic rings. The van der Waals surface area contributed by atoms with Crippen molar-refractivity contribution in [3.63, 3.8) is 0 Å². The first-order valence-electron chi connectivity index (χ1n) is 6.04. The Morgan fingerprint density at radius 1 is 1.42 bits per heavy atom. The maximum Gasteiger partial charge on any atom is 0.263 e. The molecule has 0 amide bonds. The third kappa shape index (κ3) is 2.37. The second-order valence-electron chi connectivity index (χ2n) is 5.47. The van der Waals surface area contributed by atoms with Crippen LogP contribution in [-0.4, -0.2) is 27.5 Å². The van der Waals surface area contributed by atoms with Crippen LogP contribution in [0.15, 0.2) is 36.7 Å². The van der Waals surface area contributed by atoms with Gasteiger partial charge in [0.1, 0.15) is 4.75 Å². The molecule has 1 unspecified atom stereocenters. The molecule has 2 rings (SSSR count). The van der Waals surface area contributed by atoms with E-state index in [4.69, 9.17) is 0 Å². The van der Waals surface area contributed by atoms with Crippen LogP contribution >= 0.6 is 0 Å². The summed E-state index contributed by atoms with van der Waals surface area (Å²) < 4.78 is 25.1. The summed E-state index contributed by atoms with van der Waals surface area (Å²) in [6.07, 6.45) is 10.2. The van der Waals surface area contributed by atoms with Gasteiger partial charge in [0, 0.05) is 11.8 Å². The third-order valence-corrected chi connectivity index (χ3v) is 5.49. The summed E-state index contributed by atoms with van der Waals surface area (Å²) in [6, 6.07) is 0. The zero-order valence-electron chi connectivity index (χ0n) is 11.2. The smallest absolute Gasteiger partial charge is 0.263 e. The molecule has 1 heterocycles. The summed E-state index contributed by atoms with van der Waals surface area (Å²) in [6.45, 7) is 4.84. The van der Waals surface area contributed by atoms with E-state index in [-0.39, 0.29) is 0 Å². The van der Waals surface area contributed by atoms with Crippen molar-refractivity contribution in [2.75, 3.05) is 0 Å². The second kappa shape index (κ2) is 4.31. The molecule has 1 atom stereocenters. The summed E-state index contributed by atoms with van der Waals surface area (Å²) in [7, 11) is -3.64. The fourth-order valence-electron chi connectivity index (χ4n) is 1.86. The average molecular weight is 282 g/mol. The molecule has 6 heteroatoms. The van der Waals surface area contributed by atoms with E-state index in [1.807, 2.05) is 12.2 Å². The van der Waals surface area contributed by atoms with Gasteiger partial charge in [0.15, 0.2) is 0 Å². The number of hydrogen-bond donors (Lipinski definition) is 1. The van der Waals surface area contributed by atoms with Crippen molar-refractivity contribution in [2.45, 2.75) is 37.5 Å². The molecule has 0 spiro atoms. The van der Waals surface area contributed by atoms with Crippen molar-refractivity contribution in [1.82, 2.24) is 9.19 Å². The van der Waals surface area contributed by atoms with Gasteiger partial charge in [-0.25, -0.2) is 8.42 Å². The normalized spacial score (nSPS) is 23.8. The number of aromatic nitrogens is 2. The Morgan fingerprint density at radius 2 is 2.11 bits per heavy atom. The Bertz CT molecular complexity index is 635. The number of rotatable bonds is 3. The van der Waals surface area contributed by atoms with Crippen molar-refractivity contribution in [2.24, 2.45) is 0 Å². The van der Waals surface area contributed by atoms with E-state index < -0.39 is 20.4 Å². The fraction of sp³-hybridized carbons (Fsp3) is 0.462. The minimum absolute atomic E-state index is 0.406. The van der Waals surface area contributed by atoms with Crippen LogP contribution in [0.5, 0.6) is 0 Å². The molecule has 1 aliphatic carbocycles. The summed E-state index contributed by atoms with van der Waals surface area (Å²) >= 11 is 0. The van der Waals surface area contributed by atoms with Crippen LogP contribution in [-0.2, 0) is 15.6 Å². The largest absolute Gasteiger partial charge is 0.386 e. The van der Waals surface area contributed by atoms with Gasteiger partial charge >= 0.3 is 0 Å². The standard InChI is InChI=1S/C13H18N2O3S/c1-12(2,16)11-9-14-15(10-11)19(17,18)13(3)7-5-4-6-8-13/h4-7,9-10,16H,8H2,1-3H3. The van der Waals surface area contributed by atoms with Crippen LogP contribution in [0.3, 0.4) is 0 Å². The van der Waals surface area contributed by atoms with Crippen LogP contribution in [0.2, 0.25) is 0 Å². The zero-order valence-corrected chi connectivity index (χ0v) is 12.1. The number of hydrogen-bond acceptors (Lipinski definition) is 4. The minimum Gasteiger partial charge on any atom is -0.386 e. The van der Waals surface area contributed by atoms with Gasteiger partial charge in [-0.3, -0.25) is 0 Å². The molecule has 0 saturated heterocycles. The minimum atomic E-state index is -3.64. The lowest BCUT2D eigenvalue weighted by atomic mass is 10.0. The Hall–Kier alpha value is -1.40. The van der Waals surface area contributed by atoms with Crippen molar-refractivity contribution >= 4 is 10.0 Å². The summed E-state index contributed by atoms with van der Waals surface area (Å²) in [5, 5.41) is 13.8. The second-order valence-corrected chi connectivity index (χ2v) is 7.73. The first-order valence-corrected chi connectivity index (χ1v) is 7.48. The van der Waals surface area contributed by atoms with Gasteiger partial charge in [-0.15, -0.1) is 0 Å². The van der Waals surface area contributed by atoms with Crippen molar-refractivity contribution in [3.05, 3.63) is 42.3 Å². The van der Waals surface area contributed by atoms with Gasteiger partial charge in [0.25, 0.3) is 10.0 Å². The van der Waals surface area contributed by atoms with Crippen molar-refractivity contribution in [3.8, 4) is 0 Å². The third-order valence-electron chi connectivity index (χ3n) is 3.32. The lowest BCUT2D eigenvalue weighted by Gasteiger charge is -2.25. The van der Waals surface area contributed by atoms with E-state index in [1.54, 1.807) is 32.9 Å². The van der Waals surface area contributed by atoms with E-state index in [0.717, 1.165) is 4.09 Å². The van der Waals surface area contributed by atoms with Crippen LogP contribution in [0, 0.1) is 0 Å². The monoisotopic (exact) mass is 282 g/mol.